The first kappa shape index (κ1) is 20.4. The first-order valence-corrected chi connectivity index (χ1v) is 10.0. The molecule has 5 nitrogen and oxygen atoms in total. The molecule has 1 saturated heterocycles. The van der Waals surface area contributed by atoms with Gasteiger partial charge in [-0.3, -0.25) is 14.5 Å². The van der Waals surface area contributed by atoms with Crippen molar-refractivity contribution in [3.63, 3.8) is 0 Å². The summed E-state index contributed by atoms with van der Waals surface area (Å²) in [6, 6.07) is 17.5. The number of hydrogen-bond donors (Lipinski definition) is 1. The van der Waals surface area contributed by atoms with Crippen LogP contribution in [0.25, 0.3) is 0 Å². The molecule has 0 saturated carbocycles. The molecule has 1 heterocycles. The van der Waals surface area contributed by atoms with Crippen molar-refractivity contribution in [3.05, 3.63) is 70.7 Å². The van der Waals surface area contributed by atoms with Gasteiger partial charge in [-0.15, -0.1) is 0 Å². The molecule has 2 aromatic carbocycles. The molecule has 6 heteroatoms. The Kier molecular flexibility index (Phi) is 7.46. The van der Waals surface area contributed by atoms with Gasteiger partial charge in [0.1, 0.15) is 0 Å². The van der Waals surface area contributed by atoms with Crippen molar-refractivity contribution in [2.24, 2.45) is 0 Å². The van der Waals surface area contributed by atoms with Crippen LogP contribution in [0.1, 0.15) is 17.5 Å². The van der Waals surface area contributed by atoms with E-state index in [1.54, 1.807) is 0 Å². The number of hydrogen-bond acceptors (Lipinski definition) is 3. The van der Waals surface area contributed by atoms with E-state index in [-0.39, 0.29) is 11.8 Å². The van der Waals surface area contributed by atoms with Gasteiger partial charge in [-0.05, 0) is 29.7 Å². The summed E-state index contributed by atoms with van der Waals surface area (Å²) in [5, 5.41) is 3.66. The molecule has 1 N–H and O–H groups in total. The molecule has 2 amide bonds. The molecule has 0 radical (unpaired) electrons. The van der Waals surface area contributed by atoms with Crippen molar-refractivity contribution < 1.29 is 9.59 Å². The van der Waals surface area contributed by atoms with Crippen molar-refractivity contribution in [2.75, 3.05) is 32.7 Å². The van der Waals surface area contributed by atoms with Gasteiger partial charge < -0.3 is 10.2 Å². The summed E-state index contributed by atoms with van der Waals surface area (Å²) in [6.07, 6.45) is 1.22. The van der Waals surface area contributed by atoms with Gasteiger partial charge in [0.25, 0.3) is 0 Å². The summed E-state index contributed by atoms with van der Waals surface area (Å²) < 4.78 is 0. The molecule has 2 aromatic rings. The third-order valence-electron chi connectivity index (χ3n) is 4.97. The molecule has 1 aliphatic heterocycles. The van der Waals surface area contributed by atoms with Crippen LogP contribution in [0, 0.1) is 0 Å². The van der Waals surface area contributed by atoms with E-state index in [4.69, 9.17) is 11.6 Å². The topological polar surface area (TPSA) is 52.7 Å². The zero-order chi connectivity index (χ0) is 19.8. The summed E-state index contributed by atoms with van der Waals surface area (Å²) in [7, 11) is 0. The number of nitrogens with zero attached hydrogens (tertiary/aromatic N) is 2. The van der Waals surface area contributed by atoms with Crippen LogP contribution in [0.3, 0.4) is 0 Å². The van der Waals surface area contributed by atoms with E-state index in [9.17, 15) is 9.59 Å². The fraction of sp³-hybridized carbons (Fsp3) is 0.364. The van der Waals surface area contributed by atoms with Crippen molar-refractivity contribution in [1.82, 2.24) is 15.1 Å². The molecule has 1 aliphatic rings. The lowest BCUT2D eigenvalue weighted by Gasteiger charge is -2.34. The quantitative estimate of drug-likeness (QED) is 0.778. The van der Waals surface area contributed by atoms with Gasteiger partial charge in [-0.2, -0.15) is 0 Å². The van der Waals surface area contributed by atoms with Gasteiger partial charge in [0.05, 0.1) is 6.54 Å². The average molecular weight is 400 g/mol. The van der Waals surface area contributed by atoms with E-state index < -0.39 is 0 Å². The number of piperazine rings is 1. The zero-order valence-corrected chi connectivity index (χ0v) is 16.7. The second-order valence-electron chi connectivity index (χ2n) is 7.05. The molecule has 0 aliphatic carbocycles. The van der Waals surface area contributed by atoms with Crippen LogP contribution >= 0.6 is 11.6 Å². The Morgan fingerprint density at radius 2 is 1.57 bits per heavy atom. The molecule has 1 fully saturated rings. The van der Waals surface area contributed by atoms with Crippen LogP contribution < -0.4 is 5.32 Å². The van der Waals surface area contributed by atoms with Crippen LogP contribution in [-0.2, 0) is 22.6 Å². The zero-order valence-electron chi connectivity index (χ0n) is 15.9. The van der Waals surface area contributed by atoms with Crippen LogP contribution in [0.15, 0.2) is 54.6 Å². The van der Waals surface area contributed by atoms with Crippen LogP contribution in [0.4, 0.5) is 0 Å². The predicted octanol–water partition coefficient (Wildman–Crippen LogP) is 2.73. The first-order valence-electron chi connectivity index (χ1n) is 9.65. The van der Waals surface area contributed by atoms with E-state index in [0.717, 1.165) is 30.6 Å². The summed E-state index contributed by atoms with van der Waals surface area (Å²) in [6.45, 7) is 3.72. The number of aryl methyl sites for hydroxylation is 1. The highest BCUT2D eigenvalue weighted by Gasteiger charge is 2.22. The minimum absolute atomic E-state index is 0.0198. The maximum Gasteiger partial charge on any atom is 0.234 e. The second kappa shape index (κ2) is 10.2. The van der Waals surface area contributed by atoms with Crippen molar-refractivity contribution >= 4 is 23.4 Å². The maximum atomic E-state index is 12.4. The summed E-state index contributed by atoms with van der Waals surface area (Å²) >= 11 is 5.89. The number of amides is 2. The lowest BCUT2D eigenvalue weighted by molar-refractivity contribution is -0.133. The van der Waals surface area contributed by atoms with Crippen LogP contribution in [0.2, 0.25) is 5.02 Å². The molecule has 0 bridgehead atoms. The number of rotatable bonds is 7. The first-order chi connectivity index (χ1) is 13.6. The second-order valence-corrected chi connectivity index (χ2v) is 7.48. The van der Waals surface area contributed by atoms with Gasteiger partial charge in [-0.1, -0.05) is 54.1 Å². The monoisotopic (exact) mass is 399 g/mol. The molecule has 0 unspecified atom stereocenters. The van der Waals surface area contributed by atoms with E-state index in [2.05, 4.69) is 10.2 Å². The summed E-state index contributed by atoms with van der Waals surface area (Å²) in [5.74, 6) is 0.189. The van der Waals surface area contributed by atoms with Gasteiger partial charge in [-0.25, -0.2) is 0 Å². The fourth-order valence-corrected chi connectivity index (χ4v) is 3.40. The Morgan fingerprint density at radius 3 is 2.25 bits per heavy atom. The molecule has 0 aromatic heterocycles. The number of halogens is 1. The summed E-state index contributed by atoms with van der Waals surface area (Å²) in [4.78, 5) is 28.6. The molecule has 0 spiro atoms. The van der Waals surface area contributed by atoms with Crippen LogP contribution in [-0.4, -0.2) is 54.3 Å². The minimum Gasteiger partial charge on any atom is -0.351 e. The Hall–Kier alpha value is -2.37. The number of nitrogens with one attached hydrogen (secondary N) is 1. The minimum atomic E-state index is 0.0198. The lowest BCUT2D eigenvalue weighted by atomic mass is 10.1. The number of carbonyl (C=O) groups is 2. The normalized spacial score (nSPS) is 14.7. The highest BCUT2D eigenvalue weighted by molar-refractivity contribution is 6.30. The Morgan fingerprint density at radius 1 is 0.893 bits per heavy atom. The molecule has 148 valence electrons. The van der Waals surface area contributed by atoms with Gasteiger partial charge in [0, 0.05) is 44.2 Å². The molecular weight excluding hydrogens is 374 g/mol. The van der Waals surface area contributed by atoms with Crippen molar-refractivity contribution in [3.8, 4) is 0 Å². The molecule has 3 rings (SSSR count). The van der Waals surface area contributed by atoms with Crippen molar-refractivity contribution in [2.45, 2.75) is 19.4 Å². The van der Waals surface area contributed by atoms with E-state index in [1.807, 2.05) is 59.5 Å². The highest BCUT2D eigenvalue weighted by Crippen LogP contribution is 2.12. The molecular formula is C22H26ClN3O2. The standard InChI is InChI=1S/C22H26ClN3O2/c23-20-9-6-18(7-10-20)8-11-22(28)26-14-12-25(13-15-26)17-21(27)24-16-19-4-2-1-3-5-19/h1-7,9-10H,8,11-17H2,(H,24,27). The average Bonchev–Trinajstić information content (AvgIpc) is 2.73. The van der Waals surface area contributed by atoms with Gasteiger partial charge in [0.2, 0.25) is 11.8 Å². The Labute approximate surface area is 171 Å². The highest BCUT2D eigenvalue weighted by atomic mass is 35.5. The summed E-state index contributed by atoms with van der Waals surface area (Å²) in [5.41, 5.74) is 2.21. The number of benzene rings is 2. The molecule has 28 heavy (non-hydrogen) atoms. The van der Waals surface area contributed by atoms with E-state index >= 15 is 0 Å². The lowest BCUT2D eigenvalue weighted by Crippen LogP contribution is -2.51. The maximum absolute atomic E-state index is 12.4. The molecule has 0 atom stereocenters. The Bertz CT molecular complexity index is 772. The van der Waals surface area contributed by atoms with Crippen molar-refractivity contribution in [1.29, 1.82) is 0 Å². The van der Waals surface area contributed by atoms with E-state index in [0.29, 0.717) is 37.6 Å². The van der Waals surface area contributed by atoms with Crippen LogP contribution in [0.5, 0.6) is 0 Å². The number of carbonyl (C=O) groups excluding carboxylic acids is 2. The van der Waals surface area contributed by atoms with Gasteiger partial charge >= 0.3 is 0 Å². The Balaban J connectivity index is 1.34. The predicted molar refractivity (Wildman–Crippen MR) is 111 cm³/mol. The smallest absolute Gasteiger partial charge is 0.234 e. The SMILES string of the molecule is O=C(CN1CCN(C(=O)CCc2ccc(Cl)cc2)CC1)NCc1ccccc1. The fourth-order valence-electron chi connectivity index (χ4n) is 3.27. The van der Waals surface area contributed by atoms with Gasteiger partial charge in [0.15, 0.2) is 0 Å². The third-order valence-corrected chi connectivity index (χ3v) is 5.22. The van der Waals surface area contributed by atoms with E-state index in [1.165, 1.54) is 0 Å². The third kappa shape index (κ3) is 6.36. The largest absolute Gasteiger partial charge is 0.351 e.